The maximum Gasteiger partial charge on any atom is 0.0807 e. The van der Waals surface area contributed by atoms with Crippen molar-refractivity contribution < 1.29 is 5.11 Å². The predicted molar refractivity (Wildman–Crippen MR) is 47.4 cm³/mol. The van der Waals surface area contributed by atoms with Crippen LogP contribution in [-0.2, 0) is 0 Å². The van der Waals surface area contributed by atoms with E-state index in [1.54, 1.807) is 6.92 Å². The maximum absolute atomic E-state index is 10.1. The van der Waals surface area contributed by atoms with Crippen LogP contribution in [0.15, 0.2) is 0 Å². The molecule has 68 valence electrons. The van der Waals surface area contributed by atoms with Gasteiger partial charge in [0.1, 0.15) is 0 Å². The van der Waals surface area contributed by atoms with Gasteiger partial charge in [-0.3, -0.25) is 0 Å². The summed E-state index contributed by atoms with van der Waals surface area (Å²) in [6, 6.07) is 2.14. The van der Waals surface area contributed by atoms with Crippen LogP contribution in [0.2, 0.25) is 0 Å². The van der Waals surface area contributed by atoms with Crippen molar-refractivity contribution in [3.8, 4) is 6.07 Å². The lowest BCUT2D eigenvalue weighted by Crippen LogP contribution is -2.33. The molecular weight excluding hydrogens is 150 g/mol. The lowest BCUT2D eigenvalue weighted by Gasteiger charge is -2.27. The number of nitriles is 1. The molecule has 1 aliphatic rings. The SMILES string of the molecule is CC(C#N)C1(O)CCC(C)(C)C1. The van der Waals surface area contributed by atoms with Crippen molar-refractivity contribution in [3.63, 3.8) is 0 Å². The molecule has 1 fully saturated rings. The Balaban J connectivity index is 2.72. The second-order valence-electron chi connectivity index (χ2n) is 4.80. The monoisotopic (exact) mass is 167 g/mol. The molecule has 2 atom stereocenters. The van der Waals surface area contributed by atoms with Crippen LogP contribution in [0.1, 0.15) is 40.0 Å². The van der Waals surface area contributed by atoms with E-state index in [0.717, 1.165) is 19.3 Å². The average molecular weight is 167 g/mol. The Morgan fingerprint density at radius 3 is 2.33 bits per heavy atom. The van der Waals surface area contributed by atoms with Gasteiger partial charge in [-0.2, -0.15) is 5.26 Å². The van der Waals surface area contributed by atoms with Gasteiger partial charge in [0.15, 0.2) is 0 Å². The van der Waals surface area contributed by atoms with Gasteiger partial charge < -0.3 is 5.11 Å². The Bertz CT molecular complexity index is 216. The van der Waals surface area contributed by atoms with Crippen LogP contribution in [-0.4, -0.2) is 10.7 Å². The fourth-order valence-electron chi connectivity index (χ4n) is 2.05. The molecule has 0 spiro atoms. The first-order chi connectivity index (χ1) is 5.40. The van der Waals surface area contributed by atoms with Gasteiger partial charge in [-0.25, -0.2) is 0 Å². The highest BCUT2D eigenvalue weighted by molar-refractivity contribution is 5.03. The molecule has 2 heteroatoms. The zero-order valence-corrected chi connectivity index (χ0v) is 8.09. The zero-order valence-electron chi connectivity index (χ0n) is 8.09. The van der Waals surface area contributed by atoms with Crippen LogP contribution in [0.25, 0.3) is 0 Å². The molecule has 12 heavy (non-hydrogen) atoms. The molecule has 1 saturated carbocycles. The highest BCUT2D eigenvalue weighted by Crippen LogP contribution is 2.46. The first kappa shape index (κ1) is 9.54. The van der Waals surface area contributed by atoms with E-state index in [-0.39, 0.29) is 11.3 Å². The standard InChI is InChI=1S/C10H17NO/c1-8(6-11)10(12)5-4-9(2,3)7-10/h8,12H,4-5,7H2,1-3H3. The summed E-state index contributed by atoms with van der Waals surface area (Å²) in [5.41, 5.74) is -0.516. The van der Waals surface area contributed by atoms with Gasteiger partial charge in [0.05, 0.1) is 17.6 Å². The molecule has 0 aromatic carbocycles. The van der Waals surface area contributed by atoms with E-state index in [4.69, 9.17) is 5.26 Å². The first-order valence-corrected chi connectivity index (χ1v) is 4.52. The van der Waals surface area contributed by atoms with Crippen LogP contribution in [0.5, 0.6) is 0 Å². The highest BCUT2D eigenvalue weighted by atomic mass is 16.3. The van der Waals surface area contributed by atoms with Crippen molar-refractivity contribution in [1.29, 1.82) is 5.26 Å². The third-order valence-corrected chi connectivity index (χ3v) is 3.02. The summed E-state index contributed by atoms with van der Waals surface area (Å²) in [5, 5.41) is 18.8. The van der Waals surface area contributed by atoms with Crippen molar-refractivity contribution in [2.75, 3.05) is 0 Å². The molecule has 1 N–H and O–H groups in total. The summed E-state index contributed by atoms with van der Waals surface area (Å²) in [6.07, 6.45) is 2.55. The molecule has 1 aliphatic carbocycles. The number of hydrogen-bond donors (Lipinski definition) is 1. The van der Waals surface area contributed by atoms with Crippen LogP contribution >= 0.6 is 0 Å². The lowest BCUT2D eigenvalue weighted by atomic mass is 9.83. The summed E-state index contributed by atoms with van der Waals surface area (Å²) in [4.78, 5) is 0. The van der Waals surface area contributed by atoms with Crippen molar-refractivity contribution in [2.45, 2.75) is 45.6 Å². The summed E-state index contributed by atoms with van der Waals surface area (Å²) >= 11 is 0. The maximum atomic E-state index is 10.1. The average Bonchev–Trinajstić information content (AvgIpc) is 2.25. The Morgan fingerprint density at radius 2 is 2.00 bits per heavy atom. The molecular formula is C10H17NO. The van der Waals surface area contributed by atoms with E-state index in [1.165, 1.54) is 0 Å². The van der Waals surface area contributed by atoms with E-state index in [2.05, 4.69) is 19.9 Å². The molecule has 0 aliphatic heterocycles. The third-order valence-electron chi connectivity index (χ3n) is 3.02. The molecule has 0 aromatic heterocycles. The molecule has 0 aromatic rings. The van der Waals surface area contributed by atoms with Crippen LogP contribution in [0.4, 0.5) is 0 Å². The number of rotatable bonds is 1. The number of aliphatic hydroxyl groups is 1. The molecule has 0 saturated heterocycles. The predicted octanol–water partition coefficient (Wildman–Crippen LogP) is 2.09. The molecule has 1 rings (SSSR count). The van der Waals surface area contributed by atoms with Crippen LogP contribution < -0.4 is 0 Å². The normalized spacial score (nSPS) is 35.9. The van der Waals surface area contributed by atoms with Gasteiger partial charge in [-0.05, 0) is 31.6 Å². The van der Waals surface area contributed by atoms with Gasteiger partial charge in [0, 0.05) is 0 Å². The topological polar surface area (TPSA) is 44.0 Å². The largest absolute Gasteiger partial charge is 0.389 e. The number of hydrogen-bond acceptors (Lipinski definition) is 2. The summed E-state index contributed by atoms with van der Waals surface area (Å²) in [7, 11) is 0. The first-order valence-electron chi connectivity index (χ1n) is 4.52. The molecule has 0 radical (unpaired) electrons. The van der Waals surface area contributed by atoms with E-state index in [9.17, 15) is 5.11 Å². The third kappa shape index (κ3) is 1.61. The fraction of sp³-hybridized carbons (Fsp3) is 0.900. The van der Waals surface area contributed by atoms with Crippen molar-refractivity contribution >= 4 is 0 Å². The summed E-state index contributed by atoms with van der Waals surface area (Å²) < 4.78 is 0. The van der Waals surface area contributed by atoms with E-state index >= 15 is 0 Å². The fourth-order valence-corrected chi connectivity index (χ4v) is 2.05. The molecule has 2 nitrogen and oxygen atoms in total. The minimum atomic E-state index is -0.724. The summed E-state index contributed by atoms with van der Waals surface area (Å²) in [5.74, 6) is -0.237. The summed E-state index contributed by atoms with van der Waals surface area (Å²) in [6.45, 7) is 6.10. The molecule has 2 unspecified atom stereocenters. The lowest BCUT2D eigenvalue weighted by molar-refractivity contribution is 0.00629. The Kier molecular flexibility index (Phi) is 2.18. The zero-order chi connectivity index (χ0) is 9.41. The minimum absolute atomic E-state index is 0.208. The molecule has 0 amide bonds. The Labute approximate surface area is 74.2 Å². The minimum Gasteiger partial charge on any atom is -0.389 e. The second-order valence-corrected chi connectivity index (χ2v) is 4.80. The van der Waals surface area contributed by atoms with Gasteiger partial charge in [-0.1, -0.05) is 13.8 Å². The quantitative estimate of drug-likeness (QED) is 0.649. The van der Waals surface area contributed by atoms with Crippen molar-refractivity contribution in [3.05, 3.63) is 0 Å². The van der Waals surface area contributed by atoms with E-state index in [0.29, 0.717) is 0 Å². The van der Waals surface area contributed by atoms with Gasteiger partial charge >= 0.3 is 0 Å². The molecule has 0 bridgehead atoms. The van der Waals surface area contributed by atoms with Gasteiger partial charge in [0.2, 0.25) is 0 Å². The highest BCUT2D eigenvalue weighted by Gasteiger charge is 2.45. The van der Waals surface area contributed by atoms with Gasteiger partial charge in [-0.15, -0.1) is 0 Å². The Morgan fingerprint density at radius 1 is 1.42 bits per heavy atom. The smallest absolute Gasteiger partial charge is 0.0807 e. The van der Waals surface area contributed by atoms with Crippen molar-refractivity contribution in [2.24, 2.45) is 11.3 Å². The number of nitrogens with zero attached hydrogens (tertiary/aromatic N) is 1. The van der Waals surface area contributed by atoms with Gasteiger partial charge in [0.25, 0.3) is 0 Å². The van der Waals surface area contributed by atoms with Crippen LogP contribution in [0.3, 0.4) is 0 Å². The van der Waals surface area contributed by atoms with Crippen LogP contribution in [0, 0.1) is 22.7 Å². The Hall–Kier alpha value is -0.550. The molecule has 0 heterocycles. The van der Waals surface area contributed by atoms with Crippen molar-refractivity contribution in [1.82, 2.24) is 0 Å². The van der Waals surface area contributed by atoms with E-state index < -0.39 is 5.60 Å². The van der Waals surface area contributed by atoms with E-state index in [1.807, 2.05) is 0 Å². The second kappa shape index (κ2) is 2.74.